The third-order valence-corrected chi connectivity index (χ3v) is 4.81. The molecule has 0 saturated carbocycles. The Morgan fingerprint density at radius 2 is 1.84 bits per heavy atom. The van der Waals surface area contributed by atoms with Crippen LogP contribution in [0.3, 0.4) is 0 Å². The molecule has 0 bridgehead atoms. The van der Waals surface area contributed by atoms with Crippen molar-refractivity contribution in [3.63, 3.8) is 0 Å². The minimum Gasteiger partial charge on any atom is -0.312 e. The van der Waals surface area contributed by atoms with Gasteiger partial charge < -0.3 is 5.32 Å². The molecule has 0 aliphatic rings. The normalized spacial score (nSPS) is 12.1. The highest BCUT2D eigenvalue weighted by Gasteiger charge is 2.10. The quantitative estimate of drug-likeness (QED) is 0.837. The van der Waals surface area contributed by atoms with Crippen LogP contribution in [0.25, 0.3) is 0 Å². The first-order chi connectivity index (χ1) is 8.88. The first kappa shape index (κ1) is 16.2. The van der Waals surface area contributed by atoms with Gasteiger partial charge in [-0.2, -0.15) is 0 Å². The molecular formula is C15H25NO2S. The largest absolute Gasteiger partial charge is 0.312 e. The van der Waals surface area contributed by atoms with E-state index in [1.807, 2.05) is 19.1 Å². The minimum atomic E-state index is -3.11. The summed E-state index contributed by atoms with van der Waals surface area (Å²) in [5.74, 6) is 0.719. The monoisotopic (exact) mass is 283 g/mol. The highest BCUT2D eigenvalue weighted by molar-refractivity contribution is 7.90. The van der Waals surface area contributed by atoms with Crippen molar-refractivity contribution in [3.05, 3.63) is 29.3 Å². The van der Waals surface area contributed by atoms with E-state index in [1.54, 1.807) is 6.07 Å². The van der Waals surface area contributed by atoms with E-state index in [0.717, 1.165) is 30.1 Å². The van der Waals surface area contributed by atoms with Crippen molar-refractivity contribution >= 4 is 9.84 Å². The lowest BCUT2D eigenvalue weighted by atomic mass is 10.0. The summed E-state index contributed by atoms with van der Waals surface area (Å²) in [5, 5.41) is 3.44. The van der Waals surface area contributed by atoms with Crippen LogP contribution in [0.2, 0.25) is 0 Å². The Kier molecular flexibility index (Phi) is 6.01. The number of sulfone groups is 1. The molecule has 0 fully saturated rings. The number of hydrogen-bond acceptors (Lipinski definition) is 3. The zero-order valence-corrected chi connectivity index (χ0v) is 13.2. The SMILES string of the molecule is CCC(CC)CNCc1ccc(S(C)(=O)=O)c(C)c1. The van der Waals surface area contributed by atoms with Crippen LogP contribution in [-0.4, -0.2) is 21.2 Å². The zero-order chi connectivity index (χ0) is 14.5. The van der Waals surface area contributed by atoms with E-state index in [0.29, 0.717) is 4.90 Å². The van der Waals surface area contributed by atoms with Gasteiger partial charge in [0.15, 0.2) is 9.84 Å². The van der Waals surface area contributed by atoms with Crippen LogP contribution in [0.5, 0.6) is 0 Å². The Morgan fingerprint density at radius 1 is 1.21 bits per heavy atom. The Hall–Kier alpha value is -0.870. The van der Waals surface area contributed by atoms with Gasteiger partial charge in [0.1, 0.15) is 0 Å². The molecule has 0 aromatic heterocycles. The lowest BCUT2D eigenvalue weighted by Gasteiger charge is -2.14. The second kappa shape index (κ2) is 7.06. The molecule has 3 nitrogen and oxygen atoms in total. The van der Waals surface area contributed by atoms with Crippen LogP contribution in [0.1, 0.15) is 37.8 Å². The summed E-state index contributed by atoms with van der Waals surface area (Å²) in [6.45, 7) is 8.07. The Morgan fingerprint density at radius 3 is 2.32 bits per heavy atom. The van der Waals surface area contributed by atoms with Gasteiger partial charge in [0, 0.05) is 12.8 Å². The third-order valence-electron chi connectivity index (χ3n) is 3.56. The maximum absolute atomic E-state index is 11.5. The Bertz CT molecular complexity index is 505. The average molecular weight is 283 g/mol. The fourth-order valence-electron chi connectivity index (χ4n) is 2.24. The molecule has 0 aliphatic carbocycles. The fraction of sp³-hybridized carbons (Fsp3) is 0.600. The maximum Gasteiger partial charge on any atom is 0.175 e. The molecule has 0 radical (unpaired) electrons. The molecule has 0 heterocycles. The van der Waals surface area contributed by atoms with Gasteiger partial charge in [0.25, 0.3) is 0 Å². The summed E-state index contributed by atoms with van der Waals surface area (Å²) in [7, 11) is -3.11. The predicted molar refractivity (Wildman–Crippen MR) is 80.1 cm³/mol. The molecular weight excluding hydrogens is 258 g/mol. The molecule has 0 saturated heterocycles. The molecule has 4 heteroatoms. The standard InChI is InChI=1S/C15H25NO2S/c1-5-13(6-2)10-16-11-14-7-8-15(12(3)9-14)19(4,17)18/h7-9,13,16H,5-6,10-11H2,1-4H3. The second-order valence-corrected chi connectivity index (χ2v) is 7.17. The van der Waals surface area contributed by atoms with Crippen molar-refractivity contribution in [2.75, 3.05) is 12.8 Å². The van der Waals surface area contributed by atoms with Gasteiger partial charge in [-0.3, -0.25) is 0 Å². The summed E-state index contributed by atoms with van der Waals surface area (Å²) in [6, 6.07) is 5.55. The van der Waals surface area contributed by atoms with Crippen LogP contribution < -0.4 is 5.32 Å². The van der Waals surface area contributed by atoms with E-state index in [4.69, 9.17) is 0 Å². The number of rotatable bonds is 7. The van der Waals surface area contributed by atoms with Gasteiger partial charge in [-0.15, -0.1) is 0 Å². The highest BCUT2D eigenvalue weighted by atomic mass is 32.2. The number of benzene rings is 1. The summed E-state index contributed by atoms with van der Waals surface area (Å²) < 4.78 is 23.1. The van der Waals surface area contributed by atoms with Crippen LogP contribution in [0.4, 0.5) is 0 Å². The minimum absolute atomic E-state index is 0.427. The molecule has 1 aromatic carbocycles. The summed E-state index contributed by atoms with van der Waals surface area (Å²) in [4.78, 5) is 0.427. The van der Waals surface area contributed by atoms with Crippen LogP contribution >= 0.6 is 0 Å². The second-order valence-electron chi connectivity index (χ2n) is 5.19. The van der Waals surface area contributed by atoms with Gasteiger partial charge >= 0.3 is 0 Å². The van der Waals surface area contributed by atoms with Gasteiger partial charge in [-0.25, -0.2) is 8.42 Å². The molecule has 0 aliphatic heterocycles. The molecule has 1 rings (SSSR count). The van der Waals surface area contributed by atoms with Crippen molar-refractivity contribution in [1.29, 1.82) is 0 Å². The maximum atomic E-state index is 11.5. The number of nitrogens with one attached hydrogen (secondary N) is 1. The van der Waals surface area contributed by atoms with Gasteiger partial charge in [-0.05, 0) is 36.6 Å². The third kappa shape index (κ3) is 4.96. The molecule has 108 valence electrons. The number of aryl methyl sites for hydroxylation is 1. The number of hydrogen-bond donors (Lipinski definition) is 1. The lowest BCUT2D eigenvalue weighted by Crippen LogP contribution is -2.21. The lowest BCUT2D eigenvalue weighted by molar-refractivity contribution is 0.449. The first-order valence-corrected chi connectivity index (χ1v) is 8.77. The predicted octanol–water partition coefficient (Wildman–Crippen LogP) is 2.92. The molecule has 0 atom stereocenters. The molecule has 19 heavy (non-hydrogen) atoms. The summed E-state index contributed by atoms with van der Waals surface area (Å²) in [5.41, 5.74) is 1.96. The summed E-state index contributed by atoms with van der Waals surface area (Å²) >= 11 is 0. The average Bonchev–Trinajstić information content (AvgIpc) is 2.33. The van der Waals surface area contributed by atoms with Gasteiger partial charge in [0.2, 0.25) is 0 Å². The fourth-order valence-corrected chi connectivity index (χ4v) is 3.19. The molecule has 0 amide bonds. The topological polar surface area (TPSA) is 46.2 Å². The van der Waals surface area contributed by atoms with Crippen LogP contribution in [0.15, 0.2) is 23.1 Å². The van der Waals surface area contributed by atoms with E-state index < -0.39 is 9.84 Å². The zero-order valence-electron chi connectivity index (χ0n) is 12.4. The first-order valence-electron chi connectivity index (χ1n) is 6.88. The van der Waals surface area contributed by atoms with Crippen LogP contribution in [0, 0.1) is 12.8 Å². The van der Waals surface area contributed by atoms with Gasteiger partial charge in [-0.1, -0.05) is 38.8 Å². The van der Waals surface area contributed by atoms with E-state index >= 15 is 0 Å². The molecule has 1 N–H and O–H groups in total. The van der Waals surface area contributed by atoms with E-state index in [-0.39, 0.29) is 0 Å². The van der Waals surface area contributed by atoms with E-state index in [9.17, 15) is 8.42 Å². The van der Waals surface area contributed by atoms with Crippen molar-refractivity contribution in [2.24, 2.45) is 5.92 Å². The molecule has 0 unspecified atom stereocenters. The van der Waals surface area contributed by atoms with Crippen molar-refractivity contribution in [2.45, 2.75) is 45.1 Å². The van der Waals surface area contributed by atoms with E-state index in [1.165, 1.54) is 19.1 Å². The smallest absolute Gasteiger partial charge is 0.175 e. The van der Waals surface area contributed by atoms with Crippen molar-refractivity contribution < 1.29 is 8.42 Å². The molecule has 0 spiro atoms. The summed E-state index contributed by atoms with van der Waals surface area (Å²) in [6.07, 6.45) is 3.63. The van der Waals surface area contributed by atoms with Crippen molar-refractivity contribution in [3.8, 4) is 0 Å². The van der Waals surface area contributed by atoms with Crippen molar-refractivity contribution in [1.82, 2.24) is 5.32 Å². The Balaban J connectivity index is 2.65. The molecule has 1 aromatic rings. The Labute approximate surface area is 117 Å². The van der Waals surface area contributed by atoms with Crippen LogP contribution in [-0.2, 0) is 16.4 Å². The van der Waals surface area contributed by atoms with E-state index in [2.05, 4.69) is 19.2 Å². The highest BCUT2D eigenvalue weighted by Crippen LogP contribution is 2.16. The van der Waals surface area contributed by atoms with Gasteiger partial charge in [0.05, 0.1) is 4.90 Å².